The number of nitrogens with one attached hydrogen (secondary N) is 1. The number of hydrogen-bond donors (Lipinski definition) is 1. The molecule has 102 valence electrons. The zero-order chi connectivity index (χ0) is 13.8. The first-order chi connectivity index (χ1) is 9.84. The summed E-state index contributed by atoms with van der Waals surface area (Å²) in [6, 6.07) is 10.5. The Hall–Kier alpha value is -2.43. The Kier molecular flexibility index (Phi) is 3.58. The van der Waals surface area contributed by atoms with E-state index in [1.165, 1.54) is 5.56 Å². The molecule has 1 N–H and O–H groups in total. The van der Waals surface area contributed by atoms with E-state index in [4.69, 9.17) is 0 Å². The third kappa shape index (κ3) is 2.61. The molecule has 0 saturated carbocycles. The predicted molar refractivity (Wildman–Crippen MR) is 79.6 cm³/mol. The molecular formula is C15H17N5. The molecule has 2 heterocycles. The lowest BCUT2D eigenvalue weighted by molar-refractivity contribution is 0.785. The van der Waals surface area contributed by atoms with Crippen molar-refractivity contribution in [1.29, 1.82) is 0 Å². The van der Waals surface area contributed by atoms with Crippen LogP contribution < -0.4 is 5.32 Å². The molecule has 0 aliphatic rings. The van der Waals surface area contributed by atoms with Gasteiger partial charge in [0, 0.05) is 13.6 Å². The molecule has 2 aromatic heterocycles. The molecule has 5 nitrogen and oxygen atoms in total. The van der Waals surface area contributed by atoms with Gasteiger partial charge in [0.05, 0.1) is 11.6 Å². The van der Waals surface area contributed by atoms with Crippen LogP contribution >= 0.6 is 0 Å². The van der Waals surface area contributed by atoms with E-state index in [0.29, 0.717) is 0 Å². The van der Waals surface area contributed by atoms with E-state index in [-0.39, 0.29) is 0 Å². The molecule has 20 heavy (non-hydrogen) atoms. The van der Waals surface area contributed by atoms with E-state index in [1.807, 2.05) is 13.1 Å². The maximum atomic E-state index is 4.29. The van der Waals surface area contributed by atoms with Gasteiger partial charge in [-0.1, -0.05) is 30.3 Å². The van der Waals surface area contributed by atoms with E-state index in [9.17, 15) is 0 Å². The Bertz CT molecular complexity index is 690. The van der Waals surface area contributed by atoms with Crippen LogP contribution in [0, 0.1) is 0 Å². The smallest absolute Gasteiger partial charge is 0.163 e. The van der Waals surface area contributed by atoms with Crippen molar-refractivity contribution in [2.24, 2.45) is 7.05 Å². The number of fused-ring (bicyclic) bond motifs is 1. The maximum absolute atomic E-state index is 4.29. The van der Waals surface area contributed by atoms with E-state index in [2.05, 4.69) is 44.6 Å². The van der Waals surface area contributed by atoms with Crippen molar-refractivity contribution in [2.45, 2.75) is 12.8 Å². The topological polar surface area (TPSA) is 55.6 Å². The Morgan fingerprint density at radius 3 is 2.85 bits per heavy atom. The zero-order valence-corrected chi connectivity index (χ0v) is 11.5. The maximum Gasteiger partial charge on any atom is 0.163 e. The lowest BCUT2D eigenvalue weighted by atomic mass is 10.1. The highest BCUT2D eigenvalue weighted by molar-refractivity contribution is 5.85. The van der Waals surface area contributed by atoms with Gasteiger partial charge in [0.25, 0.3) is 0 Å². The zero-order valence-electron chi connectivity index (χ0n) is 11.5. The summed E-state index contributed by atoms with van der Waals surface area (Å²) in [5.41, 5.74) is 2.22. The summed E-state index contributed by atoms with van der Waals surface area (Å²) in [6.07, 6.45) is 5.50. The number of rotatable bonds is 5. The third-order valence-corrected chi connectivity index (χ3v) is 3.31. The number of hydrogen-bond acceptors (Lipinski definition) is 4. The SMILES string of the molecule is Cn1ncc2c(NCCCc3ccccc3)ncnc21. The standard InChI is InChI=1S/C15H17N5/c1-20-15-13(10-19-20)14(17-11-18-15)16-9-5-8-12-6-3-2-4-7-12/h2-4,6-7,10-11H,5,8-9H2,1H3,(H,16,17,18). The van der Waals surface area contributed by atoms with Crippen LogP contribution in [0.25, 0.3) is 11.0 Å². The fourth-order valence-corrected chi connectivity index (χ4v) is 2.25. The number of benzene rings is 1. The highest BCUT2D eigenvalue weighted by Crippen LogP contribution is 2.17. The Morgan fingerprint density at radius 2 is 2.00 bits per heavy atom. The van der Waals surface area contributed by atoms with Crippen LogP contribution in [0.1, 0.15) is 12.0 Å². The minimum atomic E-state index is 0.852. The Labute approximate surface area is 117 Å². The number of nitrogens with zero attached hydrogens (tertiary/aromatic N) is 4. The van der Waals surface area contributed by atoms with Crippen molar-refractivity contribution < 1.29 is 0 Å². The summed E-state index contributed by atoms with van der Waals surface area (Å²) in [5, 5.41) is 8.54. The van der Waals surface area contributed by atoms with E-state index in [0.717, 1.165) is 36.2 Å². The highest BCUT2D eigenvalue weighted by atomic mass is 15.3. The molecule has 0 saturated heterocycles. The molecule has 0 aliphatic carbocycles. The Morgan fingerprint density at radius 1 is 1.15 bits per heavy atom. The van der Waals surface area contributed by atoms with Gasteiger partial charge in [-0.05, 0) is 18.4 Å². The second-order valence-corrected chi connectivity index (χ2v) is 4.74. The van der Waals surface area contributed by atoms with Crippen molar-refractivity contribution in [3.8, 4) is 0 Å². The van der Waals surface area contributed by atoms with Crippen LogP contribution in [0.2, 0.25) is 0 Å². The minimum absolute atomic E-state index is 0.852. The summed E-state index contributed by atoms with van der Waals surface area (Å²) in [4.78, 5) is 8.52. The predicted octanol–water partition coefficient (Wildman–Crippen LogP) is 2.41. The lowest BCUT2D eigenvalue weighted by Gasteiger charge is -2.06. The third-order valence-electron chi connectivity index (χ3n) is 3.31. The van der Waals surface area contributed by atoms with E-state index >= 15 is 0 Å². The van der Waals surface area contributed by atoms with Crippen molar-refractivity contribution >= 4 is 16.9 Å². The van der Waals surface area contributed by atoms with Crippen LogP contribution in [-0.2, 0) is 13.5 Å². The number of aryl methyl sites for hydroxylation is 2. The van der Waals surface area contributed by atoms with Gasteiger partial charge in [0.2, 0.25) is 0 Å². The molecule has 0 spiro atoms. The van der Waals surface area contributed by atoms with Crippen LogP contribution in [0.3, 0.4) is 0 Å². The monoisotopic (exact) mass is 267 g/mol. The molecule has 0 radical (unpaired) electrons. The molecule has 3 rings (SSSR count). The molecule has 0 amide bonds. The second-order valence-electron chi connectivity index (χ2n) is 4.74. The van der Waals surface area contributed by atoms with Crippen molar-refractivity contribution in [3.63, 3.8) is 0 Å². The summed E-state index contributed by atoms with van der Waals surface area (Å²) in [5.74, 6) is 0.858. The first-order valence-corrected chi connectivity index (χ1v) is 6.75. The first kappa shape index (κ1) is 12.6. The lowest BCUT2D eigenvalue weighted by Crippen LogP contribution is -2.05. The molecule has 1 aromatic carbocycles. The summed E-state index contributed by atoms with van der Waals surface area (Å²) in [6.45, 7) is 0.885. The highest BCUT2D eigenvalue weighted by Gasteiger charge is 2.06. The summed E-state index contributed by atoms with van der Waals surface area (Å²) < 4.78 is 1.76. The van der Waals surface area contributed by atoms with Gasteiger partial charge < -0.3 is 5.32 Å². The van der Waals surface area contributed by atoms with Crippen LogP contribution in [0.4, 0.5) is 5.82 Å². The van der Waals surface area contributed by atoms with Gasteiger partial charge in [-0.2, -0.15) is 5.10 Å². The van der Waals surface area contributed by atoms with Crippen LogP contribution in [0.15, 0.2) is 42.9 Å². The van der Waals surface area contributed by atoms with Gasteiger partial charge in [0.15, 0.2) is 5.65 Å². The Balaban J connectivity index is 1.60. The van der Waals surface area contributed by atoms with Crippen LogP contribution in [-0.4, -0.2) is 26.3 Å². The second kappa shape index (κ2) is 5.69. The van der Waals surface area contributed by atoms with Crippen molar-refractivity contribution in [1.82, 2.24) is 19.7 Å². The first-order valence-electron chi connectivity index (χ1n) is 6.75. The quantitative estimate of drug-likeness (QED) is 0.721. The fourth-order valence-electron chi connectivity index (χ4n) is 2.25. The van der Waals surface area contributed by atoms with Gasteiger partial charge in [-0.15, -0.1) is 0 Å². The molecular weight excluding hydrogens is 250 g/mol. The number of anilines is 1. The molecule has 0 atom stereocenters. The summed E-state index contributed by atoms with van der Waals surface area (Å²) >= 11 is 0. The molecule has 0 fully saturated rings. The largest absolute Gasteiger partial charge is 0.369 e. The normalized spacial score (nSPS) is 10.8. The van der Waals surface area contributed by atoms with Gasteiger partial charge in [0.1, 0.15) is 12.1 Å². The van der Waals surface area contributed by atoms with Gasteiger partial charge in [-0.25, -0.2) is 9.97 Å². The van der Waals surface area contributed by atoms with E-state index < -0.39 is 0 Å². The van der Waals surface area contributed by atoms with Crippen molar-refractivity contribution in [3.05, 3.63) is 48.4 Å². The van der Waals surface area contributed by atoms with Crippen molar-refractivity contribution in [2.75, 3.05) is 11.9 Å². The minimum Gasteiger partial charge on any atom is -0.369 e. The average Bonchev–Trinajstić information content (AvgIpc) is 2.87. The molecule has 0 unspecified atom stereocenters. The van der Waals surface area contributed by atoms with Gasteiger partial charge in [-0.3, -0.25) is 4.68 Å². The fraction of sp³-hybridized carbons (Fsp3) is 0.267. The average molecular weight is 267 g/mol. The summed E-state index contributed by atoms with van der Waals surface area (Å²) in [7, 11) is 1.88. The molecule has 0 bridgehead atoms. The molecule has 3 aromatic rings. The van der Waals surface area contributed by atoms with Crippen LogP contribution in [0.5, 0.6) is 0 Å². The molecule has 0 aliphatic heterocycles. The number of aromatic nitrogens is 4. The van der Waals surface area contributed by atoms with E-state index in [1.54, 1.807) is 17.2 Å². The molecule has 5 heteroatoms. The van der Waals surface area contributed by atoms with Gasteiger partial charge >= 0.3 is 0 Å².